The summed E-state index contributed by atoms with van der Waals surface area (Å²) >= 11 is 1.05. The Bertz CT molecular complexity index is 1030. The van der Waals surface area contributed by atoms with Crippen molar-refractivity contribution < 1.29 is 7.66 Å². The summed E-state index contributed by atoms with van der Waals surface area (Å²) in [7, 11) is 0. The molecule has 7 nitrogen and oxygen atoms in total. The van der Waals surface area contributed by atoms with Crippen LogP contribution in [0, 0.1) is 23.0 Å². The normalized spacial score (nSPS) is 20.2. The monoisotopic (exact) mass is 404 g/mol. The van der Waals surface area contributed by atoms with Crippen molar-refractivity contribution in [2.75, 3.05) is 37.6 Å². The fourth-order valence-corrected chi connectivity index (χ4v) is 5.34. The zero-order valence-corrected chi connectivity index (χ0v) is 16.9. The lowest BCUT2D eigenvalue weighted by molar-refractivity contribution is -0.382. The number of nitro benzene ring substituents is 1. The Morgan fingerprint density at radius 2 is 1.96 bits per heavy atom. The van der Waals surface area contributed by atoms with Gasteiger partial charge in [0.1, 0.15) is 4.70 Å². The average molecular weight is 405 g/mol. The predicted octanol–water partition coefficient (Wildman–Crippen LogP) is 3.58. The molecule has 2 aromatic rings. The third-order valence-corrected chi connectivity index (χ3v) is 6.87. The third kappa shape index (κ3) is 4.03. The van der Waals surface area contributed by atoms with Gasteiger partial charge in [-0.15, -0.1) is 0 Å². The van der Waals surface area contributed by atoms with Crippen LogP contribution in [0.3, 0.4) is 0 Å². The minimum Gasteiger partial charge on any atom is -0.345 e. The summed E-state index contributed by atoms with van der Waals surface area (Å²) in [5.41, 5.74) is -0.899. The second-order valence-corrected chi connectivity index (χ2v) is 8.76. The number of anilines is 1. The summed E-state index contributed by atoms with van der Waals surface area (Å²) < 4.78 is 16.3. The van der Waals surface area contributed by atoms with Crippen LogP contribution in [-0.4, -0.2) is 47.5 Å². The number of benzene rings is 1. The lowest BCUT2D eigenvalue weighted by atomic mass is 9.89. The average Bonchev–Trinajstić information content (AvgIpc) is 2.73. The van der Waals surface area contributed by atoms with Crippen molar-refractivity contribution in [3.63, 3.8) is 0 Å². The summed E-state index contributed by atoms with van der Waals surface area (Å²) in [6.07, 6.45) is 6.62. The summed E-state index contributed by atoms with van der Waals surface area (Å²) in [5.74, 6) is 0.775. The fourth-order valence-electron chi connectivity index (χ4n) is 4.26. The first-order valence-electron chi connectivity index (χ1n) is 10.9. The molecule has 2 aliphatic rings. The van der Waals surface area contributed by atoms with Crippen LogP contribution in [0.5, 0.6) is 0 Å². The van der Waals surface area contributed by atoms with Crippen molar-refractivity contribution in [3.05, 3.63) is 38.1 Å². The van der Waals surface area contributed by atoms with Gasteiger partial charge in [0.05, 0.1) is 13.1 Å². The standard InChI is InChI=1S/C20H26N4O3S/c1-14-11-16-18(17(12-14)24(26)27)28-20(21-19(16)25)23-9-7-22(8-10-23)13-15-5-3-2-4-6-15/h11-12,15H,2-10,13H2,1H3/i11D,12D. The van der Waals surface area contributed by atoms with Gasteiger partial charge in [-0.05, 0) is 37.3 Å². The number of nitro groups is 1. The Balaban J connectivity index is 1.60. The molecule has 1 aromatic carbocycles. The molecule has 0 N–H and O–H groups in total. The molecule has 0 bridgehead atoms. The van der Waals surface area contributed by atoms with E-state index in [1.54, 1.807) is 0 Å². The van der Waals surface area contributed by atoms with E-state index >= 15 is 0 Å². The lowest BCUT2D eigenvalue weighted by Crippen LogP contribution is -2.48. The summed E-state index contributed by atoms with van der Waals surface area (Å²) in [4.78, 5) is 32.3. The zero-order valence-electron chi connectivity index (χ0n) is 18.1. The number of rotatable bonds is 4. The molecule has 1 saturated heterocycles. The Kier molecular flexibility index (Phi) is 4.89. The molecule has 8 heteroatoms. The largest absolute Gasteiger partial charge is 0.345 e. The number of aromatic nitrogens is 1. The van der Waals surface area contributed by atoms with Crippen LogP contribution in [0.1, 0.15) is 40.4 Å². The van der Waals surface area contributed by atoms with Gasteiger partial charge < -0.3 is 4.90 Å². The zero-order chi connectivity index (χ0) is 21.4. The van der Waals surface area contributed by atoms with Crippen LogP contribution in [-0.2, 0) is 0 Å². The van der Waals surface area contributed by atoms with Gasteiger partial charge in [-0.25, -0.2) is 0 Å². The van der Waals surface area contributed by atoms with Crippen LogP contribution in [0.15, 0.2) is 16.9 Å². The van der Waals surface area contributed by atoms with Crippen LogP contribution in [0.4, 0.5) is 10.8 Å². The van der Waals surface area contributed by atoms with E-state index in [2.05, 4.69) is 9.88 Å². The molecular formula is C20H26N4O3S. The maximum Gasteiger partial charge on any atom is 0.287 e. The number of nitrogens with zero attached hydrogens (tertiary/aromatic N) is 4. The fraction of sp³-hybridized carbons (Fsp3) is 0.600. The van der Waals surface area contributed by atoms with Crippen molar-refractivity contribution in [1.29, 1.82) is 0 Å². The highest BCUT2D eigenvalue weighted by atomic mass is 32.1. The molecule has 4 rings (SSSR count). The summed E-state index contributed by atoms with van der Waals surface area (Å²) in [5, 5.41) is 12.0. The molecule has 1 aliphatic carbocycles. The Hall–Kier alpha value is -2.06. The van der Waals surface area contributed by atoms with Crippen molar-refractivity contribution in [2.45, 2.75) is 39.0 Å². The first kappa shape index (κ1) is 16.9. The van der Waals surface area contributed by atoms with Gasteiger partial charge in [-0.3, -0.25) is 19.8 Å². The highest BCUT2D eigenvalue weighted by molar-refractivity contribution is 7.22. The molecule has 2 fully saturated rings. The van der Waals surface area contributed by atoms with E-state index in [-0.39, 0.29) is 27.7 Å². The maximum atomic E-state index is 12.7. The van der Waals surface area contributed by atoms with Gasteiger partial charge in [0, 0.05) is 38.8 Å². The second-order valence-electron chi connectivity index (χ2n) is 7.78. The molecule has 0 spiro atoms. The highest BCUT2D eigenvalue weighted by Gasteiger charge is 2.24. The van der Waals surface area contributed by atoms with Crippen LogP contribution >= 0.6 is 11.3 Å². The molecule has 0 radical (unpaired) electrons. The van der Waals surface area contributed by atoms with Crippen LogP contribution in [0.25, 0.3) is 10.1 Å². The Morgan fingerprint density at radius 1 is 1.25 bits per heavy atom. The van der Waals surface area contributed by atoms with Gasteiger partial charge in [0.2, 0.25) is 0 Å². The van der Waals surface area contributed by atoms with Crippen LogP contribution in [0.2, 0.25) is 0 Å². The highest BCUT2D eigenvalue weighted by Crippen LogP contribution is 2.33. The van der Waals surface area contributed by atoms with E-state index in [0.29, 0.717) is 18.2 Å². The van der Waals surface area contributed by atoms with Crippen molar-refractivity contribution >= 4 is 32.2 Å². The minimum atomic E-state index is -0.626. The van der Waals surface area contributed by atoms with E-state index in [1.807, 2.05) is 4.90 Å². The SMILES string of the molecule is [2H]c1c(C)c([2H])c2c(=O)nc(N3CCN(CC4CCCCC4)CC3)sc2c1[N+](=O)[O-]. The number of fused-ring (bicyclic) bond motifs is 1. The molecule has 2 heterocycles. The van der Waals surface area contributed by atoms with Gasteiger partial charge >= 0.3 is 0 Å². The molecule has 0 unspecified atom stereocenters. The Morgan fingerprint density at radius 3 is 2.64 bits per heavy atom. The topological polar surface area (TPSA) is 79.6 Å². The van der Waals surface area contributed by atoms with Gasteiger partial charge in [0.25, 0.3) is 11.2 Å². The smallest absolute Gasteiger partial charge is 0.287 e. The predicted molar refractivity (Wildman–Crippen MR) is 113 cm³/mol. The number of piperazine rings is 1. The van der Waals surface area contributed by atoms with Crippen LogP contribution < -0.4 is 10.5 Å². The summed E-state index contributed by atoms with van der Waals surface area (Å²) in [6.45, 7) is 5.75. The molecule has 1 saturated carbocycles. The molecule has 1 aromatic heterocycles. The third-order valence-electron chi connectivity index (χ3n) is 5.73. The maximum absolute atomic E-state index is 12.7. The molecule has 150 valence electrons. The first-order valence-corrected chi connectivity index (χ1v) is 10.7. The van der Waals surface area contributed by atoms with E-state index in [1.165, 1.54) is 39.0 Å². The van der Waals surface area contributed by atoms with Gasteiger partial charge in [0.15, 0.2) is 5.13 Å². The first-order chi connectivity index (χ1) is 14.4. The van der Waals surface area contributed by atoms with Gasteiger partial charge in [-0.1, -0.05) is 30.6 Å². The molecule has 0 amide bonds. The van der Waals surface area contributed by atoms with Gasteiger partial charge in [-0.2, -0.15) is 4.98 Å². The Labute approximate surface area is 170 Å². The number of hydrogen-bond donors (Lipinski definition) is 0. The molecule has 28 heavy (non-hydrogen) atoms. The number of hydrogen-bond acceptors (Lipinski definition) is 7. The molecule has 0 atom stereocenters. The lowest BCUT2D eigenvalue weighted by Gasteiger charge is -2.37. The summed E-state index contributed by atoms with van der Waals surface area (Å²) in [6, 6.07) is -0.444. The van der Waals surface area contributed by atoms with E-state index in [4.69, 9.17) is 2.74 Å². The minimum absolute atomic E-state index is 0.0557. The van der Waals surface area contributed by atoms with Crippen molar-refractivity contribution in [3.8, 4) is 0 Å². The van der Waals surface area contributed by atoms with Crippen molar-refractivity contribution in [2.24, 2.45) is 5.92 Å². The molecule has 1 aliphatic heterocycles. The van der Waals surface area contributed by atoms with E-state index in [9.17, 15) is 14.9 Å². The molecular weight excluding hydrogens is 376 g/mol. The van der Waals surface area contributed by atoms with E-state index in [0.717, 1.165) is 36.9 Å². The van der Waals surface area contributed by atoms with Crippen molar-refractivity contribution in [1.82, 2.24) is 9.88 Å². The van der Waals surface area contributed by atoms with E-state index < -0.39 is 16.2 Å². The quantitative estimate of drug-likeness (QED) is 0.572. The second kappa shape index (κ2) is 8.13.